The summed E-state index contributed by atoms with van der Waals surface area (Å²) in [5.74, 6) is 0. The van der Waals surface area contributed by atoms with Crippen LogP contribution in [0.1, 0.15) is 64.7 Å². The zero-order chi connectivity index (χ0) is 12.9. The molecule has 0 aromatic rings. The minimum Gasteiger partial charge on any atom is -0.397 e. The fourth-order valence-corrected chi connectivity index (χ4v) is 3.33. The predicted molar refractivity (Wildman–Crippen MR) is 77.5 cm³/mol. The normalized spacial score (nSPS) is 11.1. The van der Waals surface area contributed by atoms with E-state index >= 15 is 0 Å². The van der Waals surface area contributed by atoms with Gasteiger partial charge in [-0.1, -0.05) is 58.4 Å². The van der Waals surface area contributed by atoms with Crippen molar-refractivity contribution in [1.82, 2.24) is 0 Å². The second kappa shape index (κ2) is 12.3. The fourth-order valence-electron chi connectivity index (χ4n) is 2.03. The third-order valence-electron chi connectivity index (χ3n) is 3.11. The van der Waals surface area contributed by atoms with Gasteiger partial charge in [0.25, 0.3) is 0 Å². The van der Waals surface area contributed by atoms with E-state index in [0.717, 1.165) is 6.42 Å². The summed E-state index contributed by atoms with van der Waals surface area (Å²) in [5, 5.41) is 1.20. The smallest absolute Gasteiger partial charge is 0.350 e. The lowest BCUT2D eigenvalue weighted by Gasteiger charge is -2.13. The molecule has 3 heteroatoms. The van der Waals surface area contributed by atoms with E-state index in [0.29, 0.717) is 0 Å². The van der Waals surface area contributed by atoms with E-state index in [1.807, 2.05) is 0 Å². The maximum Gasteiger partial charge on any atom is 0.350 e. The molecule has 0 atom stereocenters. The number of unbranched alkanes of at least 4 members (excludes halogenated alkanes) is 7. The largest absolute Gasteiger partial charge is 0.397 e. The third kappa shape index (κ3) is 9.57. The van der Waals surface area contributed by atoms with Crippen LogP contribution in [-0.4, -0.2) is 23.5 Å². The van der Waals surface area contributed by atoms with Gasteiger partial charge in [0.15, 0.2) is 0 Å². The van der Waals surface area contributed by atoms with Crippen LogP contribution in [0.3, 0.4) is 0 Å². The molecule has 0 heterocycles. The molecular formula is C14H30O2Si. The number of hydrogen-bond acceptors (Lipinski definition) is 2. The molecule has 0 rings (SSSR count). The highest BCUT2D eigenvalue weighted by atomic mass is 28.3. The SMILES string of the molecule is C=C(CCCCCCCCCC)[SiH](OC)OC. The molecule has 0 amide bonds. The van der Waals surface area contributed by atoms with Crippen LogP contribution in [0.15, 0.2) is 11.8 Å². The van der Waals surface area contributed by atoms with Gasteiger partial charge in [0.2, 0.25) is 0 Å². The van der Waals surface area contributed by atoms with E-state index in [4.69, 9.17) is 8.85 Å². The van der Waals surface area contributed by atoms with Gasteiger partial charge in [0, 0.05) is 14.2 Å². The van der Waals surface area contributed by atoms with Crippen molar-refractivity contribution in [2.45, 2.75) is 64.7 Å². The molecule has 0 N–H and O–H groups in total. The Morgan fingerprint density at radius 2 is 1.35 bits per heavy atom. The van der Waals surface area contributed by atoms with Crippen molar-refractivity contribution in [3.05, 3.63) is 11.8 Å². The molecule has 17 heavy (non-hydrogen) atoms. The van der Waals surface area contributed by atoms with Gasteiger partial charge < -0.3 is 8.85 Å². The van der Waals surface area contributed by atoms with Gasteiger partial charge in [-0.25, -0.2) is 0 Å². The van der Waals surface area contributed by atoms with Crippen molar-refractivity contribution in [2.24, 2.45) is 0 Å². The lowest BCUT2D eigenvalue weighted by atomic mass is 10.1. The van der Waals surface area contributed by atoms with E-state index in [-0.39, 0.29) is 0 Å². The van der Waals surface area contributed by atoms with Crippen LogP contribution in [-0.2, 0) is 8.85 Å². The minimum absolute atomic E-state index is 1.08. The van der Waals surface area contributed by atoms with Gasteiger partial charge in [0.05, 0.1) is 0 Å². The Balaban J connectivity index is 3.30. The molecule has 0 aliphatic carbocycles. The van der Waals surface area contributed by atoms with Crippen LogP contribution < -0.4 is 0 Å². The molecule has 0 aliphatic rings. The molecule has 0 spiro atoms. The van der Waals surface area contributed by atoms with E-state index in [1.165, 1.54) is 56.6 Å². The summed E-state index contributed by atoms with van der Waals surface area (Å²) >= 11 is 0. The summed E-state index contributed by atoms with van der Waals surface area (Å²) in [6, 6.07) is 0. The van der Waals surface area contributed by atoms with Gasteiger partial charge in [-0.15, -0.1) is 0 Å². The number of allylic oxidation sites excluding steroid dienone is 1. The minimum atomic E-state index is -1.56. The predicted octanol–water partition coefficient (Wildman–Crippen LogP) is 4.13. The van der Waals surface area contributed by atoms with Crippen molar-refractivity contribution in [3.8, 4) is 0 Å². The summed E-state index contributed by atoms with van der Waals surface area (Å²) < 4.78 is 10.6. The zero-order valence-electron chi connectivity index (χ0n) is 12.0. The molecule has 102 valence electrons. The summed E-state index contributed by atoms with van der Waals surface area (Å²) in [4.78, 5) is 0. The first kappa shape index (κ1) is 16.9. The second-order valence-electron chi connectivity index (χ2n) is 4.69. The van der Waals surface area contributed by atoms with Crippen LogP contribution in [0.5, 0.6) is 0 Å². The Kier molecular flexibility index (Phi) is 12.2. The molecule has 0 radical (unpaired) electrons. The molecule has 0 aliphatic heterocycles. The maximum atomic E-state index is 5.30. The summed E-state index contributed by atoms with van der Waals surface area (Å²) in [6.07, 6.45) is 11.9. The fraction of sp³-hybridized carbons (Fsp3) is 0.857. The van der Waals surface area contributed by atoms with Gasteiger partial charge in [-0.05, 0) is 18.0 Å². The Morgan fingerprint density at radius 1 is 0.882 bits per heavy atom. The second-order valence-corrected chi connectivity index (χ2v) is 7.11. The van der Waals surface area contributed by atoms with E-state index in [1.54, 1.807) is 14.2 Å². The van der Waals surface area contributed by atoms with Gasteiger partial charge in [-0.2, -0.15) is 0 Å². The Hall–Kier alpha value is -0.123. The van der Waals surface area contributed by atoms with Crippen LogP contribution in [0.2, 0.25) is 0 Å². The van der Waals surface area contributed by atoms with Crippen molar-refractivity contribution in [2.75, 3.05) is 14.2 Å². The lowest BCUT2D eigenvalue weighted by Crippen LogP contribution is -2.21. The van der Waals surface area contributed by atoms with Crippen molar-refractivity contribution in [3.63, 3.8) is 0 Å². The van der Waals surface area contributed by atoms with Crippen LogP contribution in [0.4, 0.5) is 0 Å². The van der Waals surface area contributed by atoms with Gasteiger partial charge >= 0.3 is 9.28 Å². The van der Waals surface area contributed by atoms with Crippen molar-refractivity contribution in [1.29, 1.82) is 0 Å². The third-order valence-corrected chi connectivity index (χ3v) is 4.92. The highest BCUT2D eigenvalue weighted by Gasteiger charge is 2.13. The topological polar surface area (TPSA) is 18.5 Å². The Morgan fingerprint density at radius 3 is 1.82 bits per heavy atom. The Labute approximate surface area is 109 Å². The first-order valence-electron chi connectivity index (χ1n) is 6.99. The van der Waals surface area contributed by atoms with E-state index < -0.39 is 9.28 Å². The molecule has 0 fully saturated rings. The monoisotopic (exact) mass is 258 g/mol. The van der Waals surface area contributed by atoms with Crippen molar-refractivity contribution < 1.29 is 8.85 Å². The highest BCUT2D eigenvalue weighted by Crippen LogP contribution is 2.13. The maximum absolute atomic E-state index is 5.30. The molecule has 0 unspecified atom stereocenters. The average molecular weight is 258 g/mol. The highest BCUT2D eigenvalue weighted by molar-refractivity contribution is 6.53. The van der Waals surface area contributed by atoms with Gasteiger partial charge in [-0.3, -0.25) is 0 Å². The first-order chi connectivity index (χ1) is 8.26. The van der Waals surface area contributed by atoms with Crippen LogP contribution in [0, 0.1) is 0 Å². The van der Waals surface area contributed by atoms with Crippen LogP contribution >= 0.6 is 0 Å². The summed E-state index contributed by atoms with van der Waals surface area (Å²) in [6.45, 7) is 6.33. The van der Waals surface area contributed by atoms with Crippen LogP contribution in [0.25, 0.3) is 0 Å². The van der Waals surface area contributed by atoms with Gasteiger partial charge in [0.1, 0.15) is 0 Å². The first-order valence-corrected chi connectivity index (χ1v) is 8.51. The molecule has 2 nitrogen and oxygen atoms in total. The number of hydrogen-bond donors (Lipinski definition) is 0. The summed E-state index contributed by atoms with van der Waals surface area (Å²) in [7, 11) is 1.89. The molecule has 0 bridgehead atoms. The average Bonchev–Trinajstić information content (AvgIpc) is 2.34. The van der Waals surface area contributed by atoms with E-state index in [2.05, 4.69) is 13.5 Å². The quantitative estimate of drug-likeness (QED) is 0.387. The molecule has 0 aromatic heterocycles. The lowest BCUT2D eigenvalue weighted by molar-refractivity contribution is 0.285. The molecule has 0 saturated heterocycles. The number of rotatable bonds is 12. The standard InChI is InChI=1S/C14H30O2Si/c1-5-6-7-8-9-10-11-12-13-14(2)17(15-3)16-4/h17H,2,5-13H2,1,3-4H3. The molecule has 0 aromatic carbocycles. The Bertz CT molecular complexity index is 179. The molecule has 0 saturated carbocycles. The zero-order valence-corrected chi connectivity index (χ0v) is 13.1. The van der Waals surface area contributed by atoms with Crippen molar-refractivity contribution >= 4 is 9.28 Å². The molecular weight excluding hydrogens is 228 g/mol. The van der Waals surface area contributed by atoms with E-state index in [9.17, 15) is 0 Å². The summed E-state index contributed by atoms with van der Waals surface area (Å²) in [5.41, 5.74) is 0.